The van der Waals surface area contributed by atoms with Gasteiger partial charge in [-0.25, -0.2) is 9.50 Å². The van der Waals surface area contributed by atoms with Crippen molar-refractivity contribution in [2.24, 2.45) is 0 Å². The number of rotatable bonds is 2. The Hall–Kier alpha value is -2.90. The van der Waals surface area contributed by atoms with Gasteiger partial charge in [0.05, 0.1) is 5.69 Å². The predicted octanol–water partition coefficient (Wildman–Crippen LogP) is 0.815. The Kier molecular flexibility index (Phi) is 3.26. The first-order valence-electron chi connectivity index (χ1n) is 8.00. The van der Waals surface area contributed by atoms with Crippen LogP contribution in [0.5, 0.6) is 0 Å². The van der Waals surface area contributed by atoms with Crippen LogP contribution in [0.15, 0.2) is 17.1 Å². The lowest BCUT2D eigenvalue weighted by atomic mass is 10.0. The molecule has 1 aliphatic heterocycles. The van der Waals surface area contributed by atoms with Gasteiger partial charge in [0.15, 0.2) is 5.65 Å². The topological polar surface area (TPSA) is 99.2 Å². The lowest BCUT2D eigenvalue weighted by Crippen LogP contribution is -2.39. The first-order valence-corrected chi connectivity index (χ1v) is 8.00. The fraction of sp³-hybridized carbons (Fsp3) is 0.375. The van der Waals surface area contributed by atoms with E-state index >= 15 is 0 Å². The largest absolute Gasteiger partial charge is 0.334 e. The molecule has 4 heterocycles. The Bertz CT molecular complexity index is 982. The zero-order chi connectivity index (χ0) is 16.8. The molecule has 0 bridgehead atoms. The van der Waals surface area contributed by atoms with Crippen molar-refractivity contribution in [3.63, 3.8) is 0 Å². The number of amides is 1. The molecule has 0 saturated carbocycles. The number of aromatic nitrogens is 5. The lowest BCUT2D eigenvalue weighted by molar-refractivity contribution is 0.0731. The van der Waals surface area contributed by atoms with Gasteiger partial charge >= 0.3 is 0 Å². The maximum absolute atomic E-state index is 12.8. The molecule has 3 aromatic heterocycles. The summed E-state index contributed by atoms with van der Waals surface area (Å²) >= 11 is 0. The van der Waals surface area contributed by atoms with Crippen LogP contribution >= 0.6 is 0 Å². The van der Waals surface area contributed by atoms with Crippen LogP contribution in [0.25, 0.3) is 5.65 Å². The van der Waals surface area contributed by atoms with Gasteiger partial charge in [0, 0.05) is 48.7 Å². The van der Waals surface area contributed by atoms with Gasteiger partial charge in [-0.1, -0.05) is 6.92 Å². The zero-order valence-corrected chi connectivity index (χ0v) is 13.6. The van der Waals surface area contributed by atoms with Gasteiger partial charge in [0.25, 0.3) is 11.5 Å². The molecule has 2 N–H and O–H groups in total. The van der Waals surface area contributed by atoms with Crippen LogP contribution in [-0.4, -0.2) is 42.1 Å². The van der Waals surface area contributed by atoms with E-state index in [2.05, 4.69) is 20.3 Å². The van der Waals surface area contributed by atoms with E-state index in [0.717, 1.165) is 29.1 Å². The number of fused-ring (bicyclic) bond motifs is 2. The average molecular weight is 326 g/mol. The van der Waals surface area contributed by atoms with Crippen molar-refractivity contribution in [1.82, 2.24) is 29.7 Å². The van der Waals surface area contributed by atoms with Crippen molar-refractivity contribution in [2.75, 3.05) is 6.54 Å². The third kappa shape index (κ3) is 2.14. The highest BCUT2D eigenvalue weighted by Crippen LogP contribution is 2.21. The van der Waals surface area contributed by atoms with Gasteiger partial charge in [0.2, 0.25) is 0 Å². The van der Waals surface area contributed by atoms with E-state index in [1.165, 1.54) is 10.7 Å². The third-order valence-corrected chi connectivity index (χ3v) is 4.49. The molecule has 0 radical (unpaired) electrons. The van der Waals surface area contributed by atoms with Crippen LogP contribution < -0.4 is 5.56 Å². The molecule has 4 rings (SSSR count). The fourth-order valence-electron chi connectivity index (χ4n) is 3.22. The van der Waals surface area contributed by atoms with Gasteiger partial charge < -0.3 is 4.90 Å². The molecule has 24 heavy (non-hydrogen) atoms. The number of nitrogens with zero attached hydrogens (tertiary/aromatic N) is 4. The third-order valence-electron chi connectivity index (χ3n) is 4.49. The molecule has 0 unspecified atom stereocenters. The van der Waals surface area contributed by atoms with Crippen LogP contribution in [0, 0.1) is 6.92 Å². The zero-order valence-electron chi connectivity index (χ0n) is 13.6. The lowest BCUT2D eigenvalue weighted by Gasteiger charge is -2.26. The quantitative estimate of drug-likeness (QED) is 0.728. The fourth-order valence-corrected chi connectivity index (χ4v) is 3.22. The standard InChI is InChI=1S/C16H18N6O2/c1-3-12-11-8-21(5-4-13(11)19-18-12)15(23)10-7-17-14-6-9(2)20-22(14)16(10)24/h6-7,20H,3-5,8H2,1-2H3,(H,18,19). The molecule has 1 amide bonds. The van der Waals surface area contributed by atoms with E-state index < -0.39 is 0 Å². The average Bonchev–Trinajstić information content (AvgIpc) is 3.16. The number of aromatic amines is 2. The normalized spacial score (nSPS) is 14.2. The van der Waals surface area contributed by atoms with Crippen molar-refractivity contribution in [3.05, 3.63) is 50.8 Å². The SMILES string of the molecule is CCc1n[nH]c2c1CN(C(=O)c1cnc3cc(C)[nH]n3c1=O)CC2. The van der Waals surface area contributed by atoms with Crippen LogP contribution in [0.2, 0.25) is 0 Å². The Morgan fingerprint density at radius 3 is 3.04 bits per heavy atom. The van der Waals surface area contributed by atoms with E-state index in [4.69, 9.17) is 0 Å². The number of H-pyrrole nitrogens is 2. The Morgan fingerprint density at radius 2 is 2.25 bits per heavy atom. The minimum atomic E-state index is -0.369. The highest BCUT2D eigenvalue weighted by Gasteiger charge is 2.27. The molecule has 8 heteroatoms. The summed E-state index contributed by atoms with van der Waals surface area (Å²) in [6.45, 7) is 4.91. The van der Waals surface area contributed by atoms with E-state index in [1.54, 1.807) is 11.0 Å². The van der Waals surface area contributed by atoms with Gasteiger partial charge in [-0.3, -0.25) is 19.8 Å². The molecule has 0 atom stereocenters. The summed E-state index contributed by atoms with van der Waals surface area (Å²) in [5, 5.41) is 10.3. The second kappa shape index (κ2) is 5.33. The number of nitrogens with one attached hydrogen (secondary N) is 2. The van der Waals surface area contributed by atoms with Crippen molar-refractivity contribution >= 4 is 11.6 Å². The number of carbonyl (C=O) groups excluding carboxylic acids is 1. The molecular formula is C16H18N6O2. The monoisotopic (exact) mass is 326 g/mol. The number of hydrogen-bond acceptors (Lipinski definition) is 4. The molecule has 124 valence electrons. The minimum Gasteiger partial charge on any atom is -0.334 e. The molecular weight excluding hydrogens is 308 g/mol. The first-order chi connectivity index (χ1) is 11.6. The summed E-state index contributed by atoms with van der Waals surface area (Å²) in [5.74, 6) is -0.289. The number of aryl methyl sites for hydroxylation is 2. The molecule has 1 aliphatic rings. The van der Waals surface area contributed by atoms with Gasteiger partial charge in [-0.15, -0.1) is 0 Å². The summed E-state index contributed by atoms with van der Waals surface area (Å²) in [4.78, 5) is 31.3. The van der Waals surface area contributed by atoms with Gasteiger partial charge in [-0.2, -0.15) is 5.10 Å². The molecule has 3 aromatic rings. The molecule has 0 fully saturated rings. The Balaban J connectivity index is 1.69. The summed E-state index contributed by atoms with van der Waals surface area (Å²) in [7, 11) is 0. The van der Waals surface area contributed by atoms with Crippen LogP contribution in [-0.2, 0) is 19.4 Å². The number of carbonyl (C=O) groups is 1. The van der Waals surface area contributed by atoms with Crippen LogP contribution in [0.1, 0.15) is 39.9 Å². The second-order valence-electron chi connectivity index (χ2n) is 6.07. The summed E-state index contributed by atoms with van der Waals surface area (Å²) < 4.78 is 1.31. The van der Waals surface area contributed by atoms with Gasteiger partial charge in [0.1, 0.15) is 5.56 Å². The van der Waals surface area contributed by atoms with Crippen molar-refractivity contribution in [3.8, 4) is 0 Å². The molecule has 8 nitrogen and oxygen atoms in total. The van der Waals surface area contributed by atoms with E-state index in [9.17, 15) is 9.59 Å². The van der Waals surface area contributed by atoms with E-state index in [-0.39, 0.29) is 17.0 Å². The Morgan fingerprint density at radius 1 is 1.42 bits per heavy atom. The Labute approximate surface area is 137 Å². The molecule has 0 saturated heterocycles. The maximum atomic E-state index is 12.8. The van der Waals surface area contributed by atoms with Crippen molar-refractivity contribution in [2.45, 2.75) is 33.2 Å². The maximum Gasteiger partial charge on any atom is 0.285 e. The van der Waals surface area contributed by atoms with E-state index in [1.807, 2.05) is 13.8 Å². The second-order valence-corrected chi connectivity index (χ2v) is 6.07. The smallest absolute Gasteiger partial charge is 0.285 e. The highest BCUT2D eigenvalue weighted by molar-refractivity contribution is 5.93. The molecule has 0 spiro atoms. The molecule has 0 aliphatic carbocycles. The molecule has 0 aromatic carbocycles. The van der Waals surface area contributed by atoms with Crippen LogP contribution in [0.4, 0.5) is 0 Å². The predicted molar refractivity (Wildman–Crippen MR) is 87.0 cm³/mol. The highest BCUT2D eigenvalue weighted by atomic mass is 16.2. The summed E-state index contributed by atoms with van der Waals surface area (Å²) in [6, 6.07) is 1.77. The summed E-state index contributed by atoms with van der Waals surface area (Å²) in [5.41, 5.74) is 4.18. The number of hydrogen-bond donors (Lipinski definition) is 2. The van der Waals surface area contributed by atoms with E-state index in [0.29, 0.717) is 25.2 Å². The van der Waals surface area contributed by atoms with Crippen molar-refractivity contribution < 1.29 is 4.79 Å². The summed E-state index contributed by atoms with van der Waals surface area (Å²) in [6.07, 6.45) is 2.90. The van der Waals surface area contributed by atoms with Crippen molar-refractivity contribution in [1.29, 1.82) is 0 Å². The van der Waals surface area contributed by atoms with Crippen LogP contribution in [0.3, 0.4) is 0 Å². The first kappa shape index (κ1) is 14.7. The van der Waals surface area contributed by atoms with Gasteiger partial charge in [-0.05, 0) is 13.3 Å². The minimum absolute atomic E-state index is 0.0827.